The molecule has 192 valence electrons. The summed E-state index contributed by atoms with van der Waals surface area (Å²) >= 11 is 0. The highest BCUT2D eigenvalue weighted by molar-refractivity contribution is 6.07. The van der Waals surface area contributed by atoms with Crippen LogP contribution in [0.2, 0.25) is 0 Å². The SMILES string of the molecule is c1cc2c3cc1OCCOCCOCCOCCOCCOCCOCCOc1ccc2c(c1)[nH]3. The van der Waals surface area contributed by atoms with E-state index in [2.05, 4.69) is 17.1 Å². The van der Waals surface area contributed by atoms with Crippen LogP contribution in [-0.4, -0.2) is 97.5 Å². The number of ether oxygens (including phenoxy) is 8. The molecule has 4 rings (SSSR count). The van der Waals surface area contributed by atoms with Gasteiger partial charge in [0.25, 0.3) is 0 Å². The highest BCUT2D eigenvalue weighted by Gasteiger charge is 2.07. The van der Waals surface area contributed by atoms with Gasteiger partial charge < -0.3 is 42.9 Å². The molecule has 0 aliphatic carbocycles. The largest absolute Gasteiger partial charge is 0.491 e. The Morgan fingerprint density at radius 3 is 1.06 bits per heavy atom. The van der Waals surface area contributed by atoms with E-state index >= 15 is 0 Å². The molecule has 1 aromatic heterocycles. The summed E-state index contributed by atoms with van der Waals surface area (Å²) in [5.41, 5.74) is 2.03. The fourth-order valence-corrected chi connectivity index (χ4v) is 3.69. The van der Waals surface area contributed by atoms with E-state index in [0.29, 0.717) is 92.5 Å². The van der Waals surface area contributed by atoms with Gasteiger partial charge in [-0.15, -0.1) is 0 Å². The number of hydrogen-bond donors (Lipinski definition) is 1. The molecule has 9 nitrogen and oxygen atoms in total. The van der Waals surface area contributed by atoms with Crippen LogP contribution >= 0.6 is 0 Å². The molecule has 1 aliphatic rings. The maximum absolute atomic E-state index is 5.85. The molecule has 4 bridgehead atoms. The summed E-state index contributed by atoms with van der Waals surface area (Å²) in [6.45, 7) is 7.19. The number of benzene rings is 2. The van der Waals surface area contributed by atoms with Crippen molar-refractivity contribution in [3.8, 4) is 11.5 Å². The van der Waals surface area contributed by atoms with Crippen LogP contribution in [0.1, 0.15) is 0 Å². The van der Waals surface area contributed by atoms with Crippen molar-refractivity contribution in [3.63, 3.8) is 0 Å². The van der Waals surface area contributed by atoms with Crippen LogP contribution in [0.4, 0.5) is 0 Å². The molecule has 1 aliphatic heterocycles. The Morgan fingerprint density at radius 1 is 0.400 bits per heavy atom. The number of rotatable bonds is 0. The second kappa shape index (κ2) is 14.9. The molecule has 9 heteroatoms. The van der Waals surface area contributed by atoms with Crippen LogP contribution in [0.25, 0.3) is 21.8 Å². The quantitative estimate of drug-likeness (QED) is 0.515. The van der Waals surface area contributed by atoms with Crippen LogP contribution in [0.15, 0.2) is 36.4 Å². The highest BCUT2D eigenvalue weighted by atomic mass is 16.6. The summed E-state index contributed by atoms with van der Waals surface area (Å²) in [6.07, 6.45) is 0. The molecule has 0 radical (unpaired) electrons. The summed E-state index contributed by atoms with van der Waals surface area (Å²) in [4.78, 5) is 3.46. The van der Waals surface area contributed by atoms with Gasteiger partial charge in [-0.3, -0.25) is 0 Å². The average Bonchev–Trinajstić information content (AvgIpc) is 3.23. The molecular formula is C26H35NO8. The van der Waals surface area contributed by atoms with E-state index in [1.54, 1.807) is 0 Å². The van der Waals surface area contributed by atoms with E-state index < -0.39 is 0 Å². The van der Waals surface area contributed by atoms with Crippen molar-refractivity contribution < 1.29 is 37.9 Å². The third kappa shape index (κ3) is 8.64. The first-order valence-electron chi connectivity index (χ1n) is 12.2. The number of aromatic nitrogens is 1. The molecule has 0 atom stereocenters. The summed E-state index contributed by atoms with van der Waals surface area (Å²) in [5, 5.41) is 2.29. The fourth-order valence-electron chi connectivity index (χ4n) is 3.69. The Labute approximate surface area is 205 Å². The van der Waals surface area contributed by atoms with Crippen LogP contribution in [0.5, 0.6) is 11.5 Å². The van der Waals surface area contributed by atoms with Gasteiger partial charge in [-0.1, -0.05) is 0 Å². The lowest BCUT2D eigenvalue weighted by Gasteiger charge is -2.09. The van der Waals surface area contributed by atoms with Crippen molar-refractivity contribution in [2.45, 2.75) is 0 Å². The molecule has 0 saturated heterocycles. The van der Waals surface area contributed by atoms with Crippen LogP contribution in [-0.2, 0) is 28.4 Å². The van der Waals surface area contributed by atoms with Crippen molar-refractivity contribution in [1.82, 2.24) is 4.98 Å². The van der Waals surface area contributed by atoms with E-state index in [9.17, 15) is 0 Å². The van der Waals surface area contributed by atoms with E-state index in [0.717, 1.165) is 33.3 Å². The molecule has 2 aromatic carbocycles. The standard InChI is InChI=1S/C26H35NO8/c1-3-23-24-4-2-22-20-26(24)27-25(23)19-21(1)34-17-15-32-13-11-30-9-7-28-5-6-29-8-10-31-12-14-33-16-18-35-22/h1-4,19-20,27H,5-18H2. The normalized spacial score (nSPS) is 19.3. The minimum atomic E-state index is 0.472. The minimum absolute atomic E-state index is 0.472. The Bertz CT molecular complexity index is 929. The lowest BCUT2D eigenvalue weighted by Crippen LogP contribution is -2.15. The Hall–Kier alpha value is -2.40. The van der Waals surface area contributed by atoms with Crippen LogP contribution < -0.4 is 9.47 Å². The number of hydrogen-bond acceptors (Lipinski definition) is 8. The van der Waals surface area contributed by atoms with Crippen molar-refractivity contribution in [3.05, 3.63) is 36.4 Å². The van der Waals surface area contributed by atoms with E-state index in [1.807, 2.05) is 24.3 Å². The third-order valence-corrected chi connectivity index (χ3v) is 5.39. The highest BCUT2D eigenvalue weighted by Crippen LogP contribution is 2.30. The van der Waals surface area contributed by atoms with Gasteiger partial charge in [0.2, 0.25) is 0 Å². The Kier molecular flexibility index (Phi) is 10.9. The molecule has 3 aromatic rings. The molecule has 2 heterocycles. The maximum Gasteiger partial charge on any atom is 0.121 e. The first kappa shape index (κ1) is 25.7. The average molecular weight is 490 g/mol. The molecule has 1 N–H and O–H groups in total. The van der Waals surface area contributed by atoms with Gasteiger partial charge in [0.1, 0.15) is 24.7 Å². The Morgan fingerprint density at radius 2 is 0.714 bits per heavy atom. The van der Waals surface area contributed by atoms with Crippen molar-refractivity contribution in [2.24, 2.45) is 0 Å². The van der Waals surface area contributed by atoms with Gasteiger partial charge in [-0.25, -0.2) is 0 Å². The van der Waals surface area contributed by atoms with Gasteiger partial charge in [0, 0.05) is 22.9 Å². The van der Waals surface area contributed by atoms with Gasteiger partial charge in [-0.2, -0.15) is 0 Å². The zero-order valence-corrected chi connectivity index (χ0v) is 20.1. The van der Waals surface area contributed by atoms with Gasteiger partial charge >= 0.3 is 0 Å². The molecule has 35 heavy (non-hydrogen) atoms. The van der Waals surface area contributed by atoms with Crippen molar-refractivity contribution >= 4 is 21.8 Å². The summed E-state index contributed by atoms with van der Waals surface area (Å²) < 4.78 is 44.8. The number of H-pyrrole nitrogens is 1. The number of aromatic amines is 1. The van der Waals surface area contributed by atoms with Crippen molar-refractivity contribution in [2.75, 3.05) is 92.5 Å². The summed E-state index contributed by atoms with van der Waals surface area (Å²) in [6, 6.07) is 12.1. The second-order valence-electron chi connectivity index (χ2n) is 7.91. The predicted molar refractivity (Wildman–Crippen MR) is 132 cm³/mol. The van der Waals surface area contributed by atoms with E-state index in [-0.39, 0.29) is 0 Å². The lowest BCUT2D eigenvalue weighted by molar-refractivity contribution is -0.0187. The molecule has 0 spiro atoms. The summed E-state index contributed by atoms with van der Waals surface area (Å²) in [7, 11) is 0. The second-order valence-corrected chi connectivity index (χ2v) is 7.91. The monoisotopic (exact) mass is 489 g/mol. The van der Waals surface area contributed by atoms with Crippen LogP contribution in [0.3, 0.4) is 0 Å². The molecule has 0 amide bonds. The van der Waals surface area contributed by atoms with Crippen LogP contribution in [0, 0.1) is 0 Å². The smallest absolute Gasteiger partial charge is 0.121 e. The first-order valence-corrected chi connectivity index (χ1v) is 12.2. The van der Waals surface area contributed by atoms with E-state index in [1.165, 1.54) is 0 Å². The van der Waals surface area contributed by atoms with Gasteiger partial charge in [-0.05, 0) is 24.3 Å². The van der Waals surface area contributed by atoms with Gasteiger partial charge in [0.15, 0.2) is 0 Å². The fraction of sp³-hybridized carbons (Fsp3) is 0.538. The molecule has 0 unspecified atom stereocenters. The number of fused-ring (bicyclic) bond motifs is 3. The van der Waals surface area contributed by atoms with Crippen molar-refractivity contribution in [1.29, 1.82) is 0 Å². The van der Waals surface area contributed by atoms with E-state index in [4.69, 9.17) is 37.9 Å². The zero-order valence-electron chi connectivity index (χ0n) is 20.1. The molecule has 0 saturated carbocycles. The minimum Gasteiger partial charge on any atom is -0.491 e. The maximum atomic E-state index is 5.85. The predicted octanol–water partition coefficient (Wildman–Crippen LogP) is 3.19. The zero-order chi connectivity index (χ0) is 24.0. The third-order valence-electron chi connectivity index (χ3n) is 5.39. The molecule has 0 fully saturated rings. The topological polar surface area (TPSA) is 89.6 Å². The summed E-state index contributed by atoms with van der Waals surface area (Å²) in [5.74, 6) is 1.60. The van der Waals surface area contributed by atoms with Gasteiger partial charge in [0.05, 0.1) is 90.3 Å². The lowest BCUT2D eigenvalue weighted by atomic mass is 10.1. The molecular weight excluding hydrogens is 454 g/mol. The first-order chi connectivity index (χ1) is 17.4. The number of nitrogens with one attached hydrogen (secondary N) is 1. The Balaban J connectivity index is 1.29.